The predicted octanol–water partition coefficient (Wildman–Crippen LogP) is -0.532. The van der Waals surface area contributed by atoms with Gasteiger partial charge in [-0.25, -0.2) is 8.42 Å². The Morgan fingerprint density at radius 3 is 2.76 bits per heavy atom. The second kappa shape index (κ2) is 6.13. The van der Waals surface area contributed by atoms with Crippen molar-refractivity contribution in [2.75, 3.05) is 18.1 Å². The molecule has 1 fully saturated rings. The third kappa shape index (κ3) is 4.45. The van der Waals surface area contributed by atoms with E-state index < -0.39 is 15.7 Å². The minimum atomic E-state index is -3.04. The summed E-state index contributed by atoms with van der Waals surface area (Å²) in [4.78, 5) is 22.7. The summed E-state index contributed by atoms with van der Waals surface area (Å²) in [6.45, 7) is -0.272. The van der Waals surface area contributed by atoms with Crippen LogP contribution in [0, 0.1) is 0 Å². The van der Waals surface area contributed by atoms with Gasteiger partial charge in [0.2, 0.25) is 0 Å². The van der Waals surface area contributed by atoms with Gasteiger partial charge in [0.15, 0.2) is 16.4 Å². The van der Waals surface area contributed by atoms with Gasteiger partial charge in [0.05, 0.1) is 11.5 Å². The van der Waals surface area contributed by atoms with Gasteiger partial charge in [0.1, 0.15) is 5.75 Å². The molecule has 114 valence electrons. The first-order valence-electron chi connectivity index (χ1n) is 6.38. The van der Waals surface area contributed by atoms with Gasteiger partial charge in [-0.05, 0) is 24.6 Å². The topological polar surface area (TPSA) is 116 Å². The molecule has 1 atom stereocenters. The van der Waals surface area contributed by atoms with E-state index in [0.717, 1.165) is 0 Å². The van der Waals surface area contributed by atoms with E-state index in [0.29, 0.717) is 17.7 Å². The van der Waals surface area contributed by atoms with Crippen molar-refractivity contribution >= 4 is 21.7 Å². The minimum absolute atomic E-state index is 0.0311. The molecule has 1 aromatic rings. The number of rotatable bonds is 5. The fourth-order valence-corrected chi connectivity index (χ4v) is 3.73. The van der Waals surface area contributed by atoms with Crippen LogP contribution < -0.4 is 15.8 Å². The Morgan fingerprint density at radius 1 is 1.38 bits per heavy atom. The molecule has 0 aliphatic carbocycles. The van der Waals surface area contributed by atoms with E-state index in [1.54, 1.807) is 18.2 Å². The van der Waals surface area contributed by atoms with Crippen LogP contribution in [0.5, 0.6) is 5.75 Å². The highest BCUT2D eigenvalue weighted by Crippen LogP contribution is 2.15. The zero-order valence-electron chi connectivity index (χ0n) is 11.2. The normalized spacial score (nSPS) is 19.9. The first kappa shape index (κ1) is 15.3. The van der Waals surface area contributed by atoms with Crippen molar-refractivity contribution in [3.8, 4) is 5.75 Å². The van der Waals surface area contributed by atoms with Gasteiger partial charge < -0.3 is 15.8 Å². The van der Waals surface area contributed by atoms with Crippen LogP contribution in [0.3, 0.4) is 0 Å². The molecule has 1 saturated heterocycles. The van der Waals surface area contributed by atoms with Crippen molar-refractivity contribution in [1.29, 1.82) is 0 Å². The lowest BCUT2D eigenvalue weighted by Crippen LogP contribution is -2.35. The van der Waals surface area contributed by atoms with Crippen LogP contribution in [-0.2, 0) is 14.6 Å². The third-order valence-corrected chi connectivity index (χ3v) is 4.81. The summed E-state index contributed by atoms with van der Waals surface area (Å²) in [5.41, 5.74) is 5.31. The Labute approximate surface area is 122 Å². The molecular formula is C13H16N2O5S. The Bertz CT molecular complexity index is 656. The molecule has 8 heteroatoms. The van der Waals surface area contributed by atoms with Gasteiger partial charge in [-0.15, -0.1) is 0 Å². The fraction of sp³-hybridized carbons (Fsp3) is 0.385. The minimum Gasteiger partial charge on any atom is -0.484 e. The first-order chi connectivity index (χ1) is 9.85. The number of sulfone groups is 1. The third-order valence-electron chi connectivity index (χ3n) is 3.04. The molecule has 21 heavy (non-hydrogen) atoms. The molecule has 2 amide bonds. The molecule has 1 aliphatic heterocycles. The maximum Gasteiger partial charge on any atom is 0.255 e. The van der Waals surface area contributed by atoms with Gasteiger partial charge >= 0.3 is 0 Å². The quantitative estimate of drug-likeness (QED) is 0.758. The van der Waals surface area contributed by atoms with Crippen molar-refractivity contribution in [1.82, 2.24) is 5.32 Å². The van der Waals surface area contributed by atoms with E-state index in [2.05, 4.69) is 5.32 Å². The lowest BCUT2D eigenvalue weighted by molar-refractivity contribution is -0.119. The van der Waals surface area contributed by atoms with Crippen LogP contribution in [0.4, 0.5) is 0 Å². The Hall–Kier alpha value is -2.09. The Kier molecular flexibility index (Phi) is 4.46. The van der Waals surface area contributed by atoms with Gasteiger partial charge in [-0.3, -0.25) is 9.59 Å². The molecule has 1 aliphatic rings. The molecule has 0 aromatic heterocycles. The van der Waals surface area contributed by atoms with E-state index in [1.807, 2.05) is 0 Å². The molecule has 7 nitrogen and oxygen atoms in total. The lowest BCUT2D eigenvalue weighted by atomic mass is 10.2. The monoisotopic (exact) mass is 312 g/mol. The van der Waals surface area contributed by atoms with Crippen molar-refractivity contribution in [2.24, 2.45) is 5.73 Å². The van der Waals surface area contributed by atoms with E-state index in [9.17, 15) is 18.0 Å². The molecule has 2 rings (SSSR count). The van der Waals surface area contributed by atoms with Gasteiger partial charge in [-0.2, -0.15) is 0 Å². The summed E-state index contributed by atoms with van der Waals surface area (Å²) < 4.78 is 27.8. The summed E-state index contributed by atoms with van der Waals surface area (Å²) in [7, 11) is -3.04. The first-order valence-corrected chi connectivity index (χ1v) is 8.20. The second-order valence-corrected chi connectivity index (χ2v) is 7.08. The molecule has 0 saturated carbocycles. The SMILES string of the molecule is NC(=O)COc1cccc(C(=O)N[C@H]2CCS(=O)(=O)C2)c1. The maximum atomic E-state index is 12.0. The van der Waals surface area contributed by atoms with Gasteiger partial charge in [0.25, 0.3) is 11.8 Å². The average molecular weight is 312 g/mol. The Morgan fingerprint density at radius 2 is 2.14 bits per heavy atom. The number of hydrogen-bond acceptors (Lipinski definition) is 5. The van der Waals surface area contributed by atoms with Crippen molar-refractivity contribution < 1.29 is 22.7 Å². The van der Waals surface area contributed by atoms with E-state index in [4.69, 9.17) is 10.5 Å². The predicted molar refractivity (Wildman–Crippen MR) is 75.7 cm³/mol. The van der Waals surface area contributed by atoms with Crippen LogP contribution in [0.25, 0.3) is 0 Å². The van der Waals surface area contributed by atoms with Crippen molar-refractivity contribution in [2.45, 2.75) is 12.5 Å². The summed E-state index contributed by atoms with van der Waals surface area (Å²) in [6.07, 6.45) is 0.423. The van der Waals surface area contributed by atoms with Crippen molar-refractivity contribution in [3.05, 3.63) is 29.8 Å². The maximum absolute atomic E-state index is 12.0. The average Bonchev–Trinajstić information content (AvgIpc) is 2.76. The second-order valence-electron chi connectivity index (χ2n) is 4.86. The highest BCUT2D eigenvalue weighted by molar-refractivity contribution is 7.91. The molecule has 0 unspecified atom stereocenters. The molecule has 1 heterocycles. The zero-order chi connectivity index (χ0) is 15.5. The van der Waals surface area contributed by atoms with Gasteiger partial charge in [0, 0.05) is 11.6 Å². The standard InChI is InChI=1S/C13H16N2O5S/c14-12(16)7-20-11-3-1-2-9(6-11)13(17)15-10-4-5-21(18,19)8-10/h1-3,6,10H,4-5,7-8H2,(H2,14,16)(H,15,17)/t10-/m0/s1. The van der Waals surface area contributed by atoms with E-state index in [1.165, 1.54) is 6.07 Å². The summed E-state index contributed by atoms with van der Waals surface area (Å²) in [5.74, 6) is -0.570. The van der Waals surface area contributed by atoms with Crippen LogP contribution in [0.2, 0.25) is 0 Å². The number of ether oxygens (including phenoxy) is 1. The summed E-state index contributed by atoms with van der Waals surface area (Å²) in [5, 5.41) is 2.68. The molecule has 3 N–H and O–H groups in total. The smallest absolute Gasteiger partial charge is 0.255 e. The largest absolute Gasteiger partial charge is 0.484 e. The van der Waals surface area contributed by atoms with Crippen LogP contribution in [-0.4, -0.2) is 44.4 Å². The number of amides is 2. The number of nitrogens with one attached hydrogen (secondary N) is 1. The summed E-state index contributed by atoms with van der Waals surface area (Å²) in [6, 6.07) is 5.89. The fourth-order valence-electron chi connectivity index (χ4n) is 2.06. The number of carbonyl (C=O) groups is 2. The molecule has 0 spiro atoms. The number of carbonyl (C=O) groups excluding carboxylic acids is 2. The highest BCUT2D eigenvalue weighted by Gasteiger charge is 2.29. The van der Waals surface area contributed by atoms with Gasteiger partial charge in [-0.1, -0.05) is 6.07 Å². The van der Waals surface area contributed by atoms with Crippen molar-refractivity contribution in [3.63, 3.8) is 0 Å². The molecule has 0 bridgehead atoms. The summed E-state index contributed by atoms with van der Waals surface area (Å²) >= 11 is 0. The molecule has 1 aromatic carbocycles. The van der Waals surface area contributed by atoms with Crippen LogP contribution in [0.1, 0.15) is 16.8 Å². The number of primary amides is 1. The number of hydrogen-bond donors (Lipinski definition) is 2. The van der Waals surface area contributed by atoms with Crippen LogP contribution >= 0.6 is 0 Å². The lowest BCUT2D eigenvalue weighted by Gasteiger charge is -2.11. The number of benzene rings is 1. The van der Waals surface area contributed by atoms with Crippen LogP contribution in [0.15, 0.2) is 24.3 Å². The highest BCUT2D eigenvalue weighted by atomic mass is 32.2. The molecular weight excluding hydrogens is 296 g/mol. The van der Waals surface area contributed by atoms with E-state index >= 15 is 0 Å². The zero-order valence-corrected chi connectivity index (χ0v) is 12.1. The van der Waals surface area contributed by atoms with E-state index in [-0.39, 0.29) is 30.1 Å². The Balaban J connectivity index is 1.99. The molecule has 0 radical (unpaired) electrons. The number of nitrogens with two attached hydrogens (primary N) is 1.